The van der Waals surface area contributed by atoms with Crippen molar-refractivity contribution in [3.8, 4) is 17.2 Å². The molecule has 0 fully saturated rings. The SMILES string of the molecule is CNC(=O)[C@@H](Cc1ccccc1)N(Cc1cccc(OC)c1)C(=O)CN(c1cc(OC)ccc1OC)S(=O)(=O)c1ccccc1. The van der Waals surface area contributed by atoms with E-state index in [-0.39, 0.29) is 29.3 Å². The van der Waals surface area contributed by atoms with Gasteiger partial charge in [0.25, 0.3) is 10.0 Å². The Balaban J connectivity index is 1.85. The summed E-state index contributed by atoms with van der Waals surface area (Å²) in [5, 5.41) is 2.68. The third kappa shape index (κ3) is 7.93. The fourth-order valence-electron chi connectivity index (χ4n) is 4.91. The zero-order valence-corrected chi connectivity index (χ0v) is 26.5. The highest BCUT2D eigenvalue weighted by molar-refractivity contribution is 7.92. The summed E-state index contributed by atoms with van der Waals surface area (Å²) in [7, 11) is 1.61. The van der Waals surface area contributed by atoms with Crippen LogP contribution in [0.5, 0.6) is 17.2 Å². The van der Waals surface area contributed by atoms with E-state index in [2.05, 4.69) is 5.32 Å². The molecule has 1 N–H and O–H groups in total. The molecule has 0 bridgehead atoms. The first-order valence-electron chi connectivity index (χ1n) is 14.2. The molecule has 45 heavy (non-hydrogen) atoms. The van der Waals surface area contributed by atoms with Crippen molar-refractivity contribution in [2.45, 2.75) is 23.9 Å². The second kappa shape index (κ2) is 15.1. The monoisotopic (exact) mass is 631 g/mol. The van der Waals surface area contributed by atoms with Gasteiger partial charge in [0.05, 0.1) is 31.9 Å². The summed E-state index contributed by atoms with van der Waals surface area (Å²) in [5.74, 6) is 0.161. The van der Waals surface area contributed by atoms with Gasteiger partial charge in [-0.05, 0) is 47.5 Å². The van der Waals surface area contributed by atoms with E-state index in [0.29, 0.717) is 17.1 Å². The topological polar surface area (TPSA) is 114 Å². The molecule has 11 heteroatoms. The van der Waals surface area contributed by atoms with Crippen LogP contribution in [-0.4, -0.2) is 66.1 Å². The summed E-state index contributed by atoms with van der Waals surface area (Å²) in [6.07, 6.45) is 0.199. The zero-order chi connectivity index (χ0) is 32.4. The maximum Gasteiger partial charge on any atom is 0.264 e. The number of nitrogens with zero attached hydrogens (tertiary/aromatic N) is 2. The molecule has 10 nitrogen and oxygen atoms in total. The number of amides is 2. The van der Waals surface area contributed by atoms with Crippen molar-refractivity contribution in [3.05, 3.63) is 114 Å². The highest BCUT2D eigenvalue weighted by atomic mass is 32.2. The normalized spacial score (nSPS) is 11.6. The molecule has 0 heterocycles. The number of carbonyl (C=O) groups is 2. The standard InChI is InChI=1S/C34H37N3O7S/c1-35-34(39)31(21-25-12-7-5-8-13-25)36(23-26-14-11-15-27(20-26)42-2)33(38)24-37(45(40,41)29-16-9-6-10-17-29)30-22-28(43-3)18-19-32(30)44-4/h5-20,22,31H,21,23-24H2,1-4H3,(H,35,39)/t31-/m1/s1. The van der Waals surface area contributed by atoms with Gasteiger partial charge in [-0.1, -0.05) is 60.7 Å². The van der Waals surface area contributed by atoms with Gasteiger partial charge in [0.15, 0.2) is 0 Å². The summed E-state index contributed by atoms with van der Waals surface area (Å²) in [6.45, 7) is -0.623. The Bertz CT molecular complexity index is 1700. The van der Waals surface area contributed by atoms with Gasteiger partial charge in [0, 0.05) is 26.1 Å². The molecule has 1 atom stereocenters. The van der Waals surface area contributed by atoms with Gasteiger partial charge in [-0.15, -0.1) is 0 Å². The van der Waals surface area contributed by atoms with E-state index in [1.54, 1.807) is 55.6 Å². The number of anilines is 1. The molecule has 4 rings (SSSR count). The minimum atomic E-state index is -4.30. The number of ether oxygens (including phenoxy) is 3. The number of sulfonamides is 1. The van der Waals surface area contributed by atoms with Gasteiger partial charge in [0.2, 0.25) is 11.8 Å². The number of hydrogen-bond acceptors (Lipinski definition) is 7. The Morgan fingerprint density at radius 1 is 0.756 bits per heavy atom. The first-order valence-corrected chi connectivity index (χ1v) is 15.6. The van der Waals surface area contributed by atoms with Crippen molar-refractivity contribution >= 4 is 27.5 Å². The number of benzene rings is 4. The molecule has 0 aliphatic rings. The van der Waals surface area contributed by atoms with E-state index in [4.69, 9.17) is 14.2 Å². The highest BCUT2D eigenvalue weighted by Crippen LogP contribution is 2.36. The predicted octanol–water partition coefficient (Wildman–Crippen LogP) is 4.29. The minimum Gasteiger partial charge on any atom is -0.497 e. The minimum absolute atomic E-state index is 0.00935. The summed E-state index contributed by atoms with van der Waals surface area (Å²) >= 11 is 0. The average molecular weight is 632 g/mol. The zero-order valence-electron chi connectivity index (χ0n) is 25.7. The Hall–Kier alpha value is -5.03. The quantitative estimate of drug-likeness (QED) is 0.221. The van der Waals surface area contributed by atoms with E-state index < -0.39 is 34.4 Å². The van der Waals surface area contributed by atoms with Crippen LogP contribution in [0.15, 0.2) is 108 Å². The average Bonchev–Trinajstić information content (AvgIpc) is 3.08. The highest BCUT2D eigenvalue weighted by Gasteiger charge is 2.35. The van der Waals surface area contributed by atoms with E-state index in [1.165, 1.54) is 44.4 Å². The Morgan fingerprint density at radius 3 is 2.00 bits per heavy atom. The van der Waals surface area contributed by atoms with Crippen LogP contribution in [0.4, 0.5) is 5.69 Å². The first kappa shape index (κ1) is 32.9. The summed E-state index contributed by atoms with van der Waals surface area (Å²) in [5.41, 5.74) is 1.63. The number of nitrogens with one attached hydrogen (secondary N) is 1. The van der Waals surface area contributed by atoms with Crippen LogP contribution in [-0.2, 0) is 32.6 Å². The van der Waals surface area contributed by atoms with Gasteiger partial charge in [-0.3, -0.25) is 13.9 Å². The lowest BCUT2D eigenvalue weighted by Crippen LogP contribution is -2.53. The summed E-state index contributed by atoms with van der Waals surface area (Å²) in [4.78, 5) is 29.3. The van der Waals surface area contributed by atoms with Gasteiger partial charge in [-0.2, -0.15) is 0 Å². The van der Waals surface area contributed by atoms with E-state index in [9.17, 15) is 18.0 Å². The van der Waals surface area contributed by atoms with Gasteiger partial charge < -0.3 is 24.4 Å². The first-order chi connectivity index (χ1) is 21.7. The van der Waals surface area contributed by atoms with E-state index in [1.807, 2.05) is 36.4 Å². The summed E-state index contributed by atoms with van der Waals surface area (Å²) < 4.78 is 45.7. The maximum absolute atomic E-state index is 14.5. The van der Waals surface area contributed by atoms with E-state index in [0.717, 1.165) is 9.87 Å². The number of hydrogen-bond donors (Lipinski definition) is 1. The van der Waals surface area contributed by atoms with Gasteiger partial charge in [0.1, 0.15) is 29.8 Å². The molecule has 0 unspecified atom stereocenters. The molecule has 236 valence electrons. The molecule has 0 aliphatic carbocycles. The van der Waals surface area contributed by atoms with Crippen LogP contribution >= 0.6 is 0 Å². The van der Waals surface area contributed by atoms with Crippen molar-refractivity contribution < 1.29 is 32.2 Å². The van der Waals surface area contributed by atoms with Crippen molar-refractivity contribution in [1.82, 2.24) is 10.2 Å². The van der Waals surface area contributed by atoms with Crippen molar-refractivity contribution in [3.63, 3.8) is 0 Å². The van der Waals surface area contributed by atoms with Crippen LogP contribution in [0.2, 0.25) is 0 Å². The molecular formula is C34H37N3O7S. The van der Waals surface area contributed by atoms with Gasteiger partial charge in [-0.25, -0.2) is 8.42 Å². The molecule has 0 spiro atoms. The van der Waals surface area contributed by atoms with Gasteiger partial charge >= 0.3 is 0 Å². The van der Waals surface area contributed by atoms with Crippen LogP contribution in [0.1, 0.15) is 11.1 Å². The van der Waals surface area contributed by atoms with Crippen LogP contribution in [0.25, 0.3) is 0 Å². The molecule has 2 amide bonds. The maximum atomic E-state index is 14.5. The smallest absolute Gasteiger partial charge is 0.264 e. The Kier molecular flexibility index (Phi) is 11.0. The van der Waals surface area contributed by atoms with Crippen molar-refractivity contribution in [2.75, 3.05) is 39.2 Å². The molecule has 0 saturated heterocycles. The van der Waals surface area contributed by atoms with Crippen LogP contribution < -0.4 is 23.8 Å². The molecule has 0 saturated carbocycles. The van der Waals surface area contributed by atoms with Crippen LogP contribution in [0, 0.1) is 0 Å². The number of methoxy groups -OCH3 is 3. The van der Waals surface area contributed by atoms with Crippen LogP contribution in [0.3, 0.4) is 0 Å². The number of rotatable bonds is 14. The third-order valence-electron chi connectivity index (χ3n) is 7.27. The van der Waals surface area contributed by atoms with E-state index >= 15 is 0 Å². The fraction of sp³-hybridized carbons (Fsp3) is 0.235. The second-order valence-electron chi connectivity index (χ2n) is 10.1. The molecule has 0 aromatic heterocycles. The summed E-state index contributed by atoms with van der Waals surface area (Å²) in [6, 6.07) is 28.0. The lowest BCUT2D eigenvalue weighted by molar-refractivity contribution is -0.139. The fourth-order valence-corrected chi connectivity index (χ4v) is 6.35. The molecular weight excluding hydrogens is 594 g/mol. The molecule has 0 radical (unpaired) electrons. The molecule has 4 aromatic rings. The Labute approximate surface area is 264 Å². The third-order valence-corrected chi connectivity index (χ3v) is 9.04. The molecule has 4 aromatic carbocycles. The largest absolute Gasteiger partial charge is 0.497 e. The van der Waals surface area contributed by atoms with Crippen molar-refractivity contribution in [2.24, 2.45) is 0 Å². The number of likely N-dealkylation sites (N-methyl/N-ethyl adjacent to an activating group) is 1. The lowest BCUT2D eigenvalue weighted by atomic mass is 10.0. The lowest BCUT2D eigenvalue weighted by Gasteiger charge is -2.34. The predicted molar refractivity (Wildman–Crippen MR) is 172 cm³/mol. The van der Waals surface area contributed by atoms with Crippen molar-refractivity contribution in [1.29, 1.82) is 0 Å². The number of carbonyl (C=O) groups excluding carboxylic acids is 2. The Morgan fingerprint density at radius 2 is 1.38 bits per heavy atom. The molecule has 0 aliphatic heterocycles. The second-order valence-corrected chi connectivity index (χ2v) is 11.9.